The highest BCUT2D eigenvalue weighted by atomic mass is 32.2. The van der Waals surface area contributed by atoms with Gasteiger partial charge in [-0.3, -0.25) is 4.79 Å². The highest BCUT2D eigenvalue weighted by Crippen LogP contribution is 2.21. The van der Waals surface area contributed by atoms with Crippen molar-refractivity contribution in [1.29, 1.82) is 0 Å². The van der Waals surface area contributed by atoms with Crippen molar-refractivity contribution in [2.24, 2.45) is 0 Å². The summed E-state index contributed by atoms with van der Waals surface area (Å²) in [6.45, 7) is 1.71. The Morgan fingerprint density at radius 2 is 2.22 bits per heavy atom. The van der Waals surface area contributed by atoms with E-state index in [4.69, 9.17) is 5.11 Å². The summed E-state index contributed by atoms with van der Waals surface area (Å²) in [5.41, 5.74) is 0. The first-order valence-corrected chi connectivity index (χ1v) is 6.53. The first-order valence-electron chi connectivity index (χ1n) is 5.54. The molecule has 1 aromatic rings. The molecule has 0 heterocycles. The smallest absolute Gasteiger partial charge is 0.230 e. The second-order valence-electron chi connectivity index (χ2n) is 3.72. The fourth-order valence-corrected chi connectivity index (χ4v) is 2.01. The molecule has 3 nitrogen and oxygen atoms in total. The SMILES string of the molecule is CC[C@@H](CO)NC(=O)CSc1ccc(F)cc1F. The standard InChI is InChI=1S/C12H15F2NO2S/c1-2-9(6-16)15-12(17)7-18-11-4-3-8(13)5-10(11)14/h3-5,9,16H,2,6-7H2,1H3,(H,15,17)/t9-/m0/s1. The quantitative estimate of drug-likeness (QED) is 0.780. The summed E-state index contributed by atoms with van der Waals surface area (Å²) < 4.78 is 25.9. The van der Waals surface area contributed by atoms with Gasteiger partial charge in [-0.2, -0.15) is 0 Å². The van der Waals surface area contributed by atoms with E-state index in [-0.39, 0.29) is 29.2 Å². The normalized spacial score (nSPS) is 12.2. The van der Waals surface area contributed by atoms with E-state index in [1.54, 1.807) is 0 Å². The molecule has 0 fully saturated rings. The number of rotatable bonds is 6. The number of carbonyl (C=O) groups is 1. The third-order valence-corrected chi connectivity index (χ3v) is 3.38. The fourth-order valence-electron chi connectivity index (χ4n) is 1.28. The molecule has 2 N–H and O–H groups in total. The van der Waals surface area contributed by atoms with Crippen molar-refractivity contribution in [2.45, 2.75) is 24.3 Å². The van der Waals surface area contributed by atoms with Gasteiger partial charge in [0.25, 0.3) is 0 Å². The number of hydrogen-bond donors (Lipinski definition) is 2. The van der Waals surface area contributed by atoms with Gasteiger partial charge in [0, 0.05) is 11.0 Å². The Hall–Kier alpha value is -1.14. The van der Waals surface area contributed by atoms with E-state index in [2.05, 4.69) is 5.32 Å². The molecule has 0 aliphatic rings. The Labute approximate surface area is 109 Å². The van der Waals surface area contributed by atoms with Crippen LogP contribution in [0.5, 0.6) is 0 Å². The minimum atomic E-state index is -0.679. The van der Waals surface area contributed by atoms with E-state index in [0.717, 1.165) is 23.9 Å². The minimum absolute atomic E-state index is 0.0268. The molecular formula is C12H15F2NO2S. The molecule has 0 radical (unpaired) electrons. The molecule has 100 valence electrons. The van der Waals surface area contributed by atoms with Crippen molar-refractivity contribution in [2.75, 3.05) is 12.4 Å². The number of hydrogen-bond acceptors (Lipinski definition) is 3. The maximum Gasteiger partial charge on any atom is 0.230 e. The Morgan fingerprint density at radius 1 is 1.50 bits per heavy atom. The van der Waals surface area contributed by atoms with Crippen LogP contribution in [-0.2, 0) is 4.79 Å². The van der Waals surface area contributed by atoms with Crippen molar-refractivity contribution >= 4 is 17.7 Å². The van der Waals surface area contributed by atoms with Gasteiger partial charge in [-0.15, -0.1) is 11.8 Å². The van der Waals surface area contributed by atoms with Gasteiger partial charge in [0.1, 0.15) is 11.6 Å². The molecule has 1 aromatic carbocycles. The summed E-state index contributed by atoms with van der Waals surface area (Å²) >= 11 is 0.991. The Morgan fingerprint density at radius 3 is 2.78 bits per heavy atom. The maximum absolute atomic E-state index is 13.3. The molecule has 1 atom stereocenters. The lowest BCUT2D eigenvalue weighted by molar-refractivity contribution is -0.119. The molecule has 0 aliphatic carbocycles. The van der Waals surface area contributed by atoms with Crippen LogP contribution in [-0.4, -0.2) is 29.4 Å². The van der Waals surface area contributed by atoms with E-state index in [0.29, 0.717) is 6.42 Å². The molecule has 1 amide bonds. The van der Waals surface area contributed by atoms with Gasteiger partial charge in [0.05, 0.1) is 18.4 Å². The molecule has 1 rings (SSSR count). The maximum atomic E-state index is 13.3. The molecule has 0 aliphatic heterocycles. The molecule has 0 bridgehead atoms. The first-order chi connectivity index (χ1) is 8.56. The van der Waals surface area contributed by atoms with Gasteiger partial charge in [-0.25, -0.2) is 8.78 Å². The molecule has 6 heteroatoms. The summed E-state index contributed by atoms with van der Waals surface area (Å²) in [7, 11) is 0. The molecule has 0 saturated heterocycles. The number of halogens is 2. The summed E-state index contributed by atoms with van der Waals surface area (Å²) in [6, 6.07) is 2.94. The third kappa shape index (κ3) is 4.62. The summed E-state index contributed by atoms with van der Waals surface area (Å²) in [5, 5.41) is 11.5. The second-order valence-corrected chi connectivity index (χ2v) is 4.74. The van der Waals surface area contributed by atoms with E-state index in [9.17, 15) is 13.6 Å². The Kier molecular flexibility index (Phi) is 6.07. The number of nitrogens with one attached hydrogen (secondary N) is 1. The molecule has 0 saturated carbocycles. The van der Waals surface area contributed by atoms with Gasteiger partial charge < -0.3 is 10.4 Å². The number of aliphatic hydroxyl groups excluding tert-OH is 1. The number of aliphatic hydroxyl groups is 1. The molecular weight excluding hydrogens is 260 g/mol. The third-order valence-electron chi connectivity index (χ3n) is 2.33. The monoisotopic (exact) mass is 275 g/mol. The zero-order valence-corrected chi connectivity index (χ0v) is 10.8. The van der Waals surface area contributed by atoms with Crippen LogP contribution in [0.25, 0.3) is 0 Å². The van der Waals surface area contributed by atoms with Crippen LogP contribution >= 0.6 is 11.8 Å². The summed E-state index contributed by atoms with van der Waals surface area (Å²) in [4.78, 5) is 11.7. The van der Waals surface area contributed by atoms with E-state index in [1.807, 2.05) is 6.92 Å². The summed E-state index contributed by atoms with van der Waals surface area (Å²) in [6.07, 6.45) is 0.623. The molecule has 18 heavy (non-hydrogen) atoms. The Bertz CT molecular complexity index is 411. The van der Waals surface area contributed by atoms with Crippen molar-refractivity contribution < 1.29 is 18.7 Å². The van der Waals surface area contributed by atoms with Crippen molar-refractivity contribution in [3.05, 3.63) is 29.8 Å². The number of carbonyl (C=O) groups excluding carboxylic acids is 1. The van der Waals surface area contributed by atoms with Crippen LogP contribution in [0.3, 0.4) is 0 Å². The number of amides is 1. The van der Waals surface area contributed by atoms with Gasteiger partial charge >= 0.3 is 0 Å². The fraction of sp³-hybridized carbons (Fsp3) is 0.417. The van der Waals surface area contributed by atoms with E-state index >= 15 is 0 Å². The van der Waals surface area contributed by atoms with Crippen LogP contribution in [0.4, 0.5) is 8.78 Å². The highest BCUT2D eigenvalue weighted by molar-refractivity contribution is 8.00. The Balaban J connectivity index is 2.47. The lowest BCUT2D eigenvalue weighted by Gasteiger charge is -2.13. The van der Waals surface area contributed by atoms with Crippen LogP contribution in [0, 0.1) is 11.6 Å². The summed E-state index contributed by atoms with van der Waals surface area (Å²) in [5.74, 6) is -1.58. The van der Waals surface area contributed by atoms with Gasteiger partial charge in [0.2, 0.25) is 5.91 Å². The van der Waals surface area contributed by atoms with Crippen LogP contribution in [0.2, 0.25) is 0 Å². The van der Waals surface area contributed by atoms with Crippen molar-refractivity contribution in [3.8, 4) is 0 Å². The highest BCUT2D eigenvalue weighted by Gasteiger charge is 2.11. The lowest BCUT2D eigenvalue weighted by atomic mass is 10.2. The predicted molar refractivity (Wildman–Crippen MR) is 66.4 cm³/mol. The van der Waals surface area contributed by atoms with Crippen LogP contribution < -0.4 is 5.32 Å². The minimum Gasteiger partial charge on any atom is -0.394 e. The van der Waals surface area contributed by atoms with Crippen LogP contribution in [0.1, 0.15) is 13.3 Å². The average Bonchev–Trinajstić information content (AvgIpc) is 2.35. The number of benzene rings is 1. The average molecular weight is 275 g/mol. The lowest BCUT2D eigenvalue weighted by Crippen LogP contribution is -2.37. The first kappa shape index (κ1) is 14.9. The molecule has 0 unspecified atom stereocenters. The second kappa shape index (κ2) is 7.33. The van der Waals surface area contributed by atoms with Gasteiger partial charge in [0.15, 0.2) is 0 Å². The van der Waals surface area contributed by atoms with Gasteiger partial charge in [-0.1, -0.05) is 6.92 Å². The number of thioether (sulfide) groups is 1. The van der Waals surface area contributed by atoms with E-state index in [1.165, 1.54) is 6.07 Å². The van der Waals surface area contributed by atoms with Gasteiger partial charge in [-0.05, 0) is 18.6 Å². The van der Waals surface area contributed by atoms with Crippen molar-refractivity contribution in [3.63, 3.8) is 0 Å². The zero-order chi connectivity index (χ0) is 13.5. The molecule has 0 spiro atoms. The van der Waals surface area contributed by atoms with E-state index < -0.39 is 11.6 Å². The topological polar surface area (TPSA) is 49.3 Å². The van der Waals surface area contributed by atoms with Crippen LogP contribution in [0.15, 0.2) is 23.1 Å². The zero-order valence-electron chi connectivity index (χ0n) is 9.95. The predicted octanol–water partition coefficient (Wildman–Crippen LogP) is 1.94. The molecule has 0 aromatic heterocycles. The largest absolute Gasteiger partial charge is 0.394 e. The van der Waals surface area contributed by atoms with Crippen molar-refractivity contribution in [1.82, 2.24) is 5.32 Å².